The molecule has 0 aliphatic rings. The van der Waals surface area contributed by atoms with Crippen LogP contribution in [0.1, 0.15) is 271 Å². The van der Waals surface area contributed by atoms with E-state index >= 15 is 0 Å². The van der Waals surface area contributed by atoms with Crippen molar-refractivity contribution in [2.75, 3.05) is 6.61 Å². The Morgan fingerprint density at radius 3 is 1.08 bits per heavy atom. The smallest absolute Gasteiger partial charge is 0.249 e. The fourth-order valence-electron chi connectivity index (χ4n) is 8.29. The van der Waals surface area contributed by atoms with Crippen molar-refractivity contribution in [3.63, 3.8) is 0 Å². The summed E-state index contributed by atoms with van der Waals surface area (Å²) in [5, 5.41) is 43.9. The molecule has 5 N–H and O–H groups in total. The van der Waals surface area contributed by atoms with E-state index in [9.17, 15) is 25.2 Å². The van der Waals surface area contributed by atoms with E-state index in [2.05, 4.69) is 79.9 Å². The summed E-state index contributed by atoms with van der Waals surface area (Å²) >= 11 is 0. The minimum absolute atomic E-state index is 0.350. The second-order valence-corrected chi connectivity index (χ2v) is 18.9. The molecule has 1 amide bonds. The molecule has 0 rings (SSSR count). The van der Waals surface area contributed by atoms with Crippen molar-refractivity contribution in [1.82, 2.24) is 5.32 Å². The molecule has 4 unspecified atom stereocenters. The number of nitrogens with one attached hydrogen (secondary N) is 1. The van der Waals surface area contributed by atoms with E-state index in [1.54, 1.807) is 0 Å². The maximum Gasteiger partial charge on any atom is 0.249 e. The van der Waals surface area contributed by atoms with Gasteiger partial charge in [0.25, 0.3) is 0 Å². The van der Waals surface area contributed by atoms with Crippen molar-refractivity contribution in [3.05, 3.63) is 60.8 Å². The summed E-state index contributed by atoms with van der Waals surface area (Å²) in [4.78, 5) is 12.6. The van der Waals surface area contributed by atoms with Crippen LogP contribution in [0.5, 0.6) is 0 Å². The van der Waals surface area contributed by atoms with Gasteiger partial charge in [0.15, 0.2) is 0 Å². The molecule has 0 radical (unpaired) electrons. The third-order valence-corrected chi connectivity index (χ3v) is 12.7. The number of unbranched alkanes of at least 4 members (excludes halogenated alkanes) is 31. The molecule has 0 aliphatic carbocycles. The van der Waals surface area contributed by atoms with Gasteiger partial charge in [-0.15, -0.1) is 0 Å². The van der Waals surface area contributed by atoms with Gasteiger partial charge in [0.1, 0.15) is 12.2 Å². The predicted octanol–water partition coefficient (Wildman–Crippen LogP) is 16.0. The number of amides is 1. The van der Waals surface area contributed by atoms with Crippen LogP contribution in [0.3, 0.4) is 0 Å². The van der Waals surface area contributed by atoms with Crippen LogP contribution in [0.2, 0.25) is 0 Å². The number of allylic oxidation sites excluding steroid dienone is 10. The van der Waals surface area contributed by atoms with E-state index in [1.807, 2.05) is 0 Å². The molecule has 0 heterocycles. The predicted molar refractivity (Wildman–Crippen MR) is 279 cm³/mol. The van der Waals surface area contributed by atoms with E-state index in [-0.39, 0.29) is 0 Å². The number of hydrogen-bond donors (Lipinski definition) is 5. The Balaban J connectivity index is 3.76. The fourth-order valence-corrected chi connectivity index (χ4v) is 8.29. The van der Waals surface area contributed by atoms with Crippen LogP contribution in [0.15, 0.2) is 60.8 Å². The van der Waals surface area contributed by atoms with E-state index in [0.717, 1.165) is 64.2 Å². The van der Waals surface area contributed by atoms with Crippen molar-refractivity contribution < 1.29 is 25.2 Å². The quantitative estimate of drug-likeness (QED) is 0.0309. The van der Waals surface area contributed by atoms with E-state index < -0.39 is 36.9 Å². The van der Waals surface area contributed by atoms with Crippen LogP contribution in [-0.4, -0.2) is 57.3 Å². The number of carbonyl (C=O) groups is 1. The molecule has 4 atom stereocenters. The third kappa shape index (κ3) is 45.2. The molecule has 6 heteroatoms. The Kier molecular flexibility index (Phi) is 50.4. The van der Waals surface area contributed by atoms with Crippen LogP contribution in [0, 0.1) is 0 Å². The van der Waals surface area contributed by atoms with E-state index in [4.69, 9.17) is 0 Å². The third-order valence-electron chi connectivity index (χ3n) is 12.7. The lowest BCUT2D eigenvalue weighted by molar-refractivity contribution is -0.132. The summed E-state index contributed by atoms with van der Waals surface area (Å²) in [6.07, 6.45) is 67.1. The molecule has 0 saturated heterocycles. The molecule has 0 saturated carbocycles. The van der Waals surface area contributed by atoms with Crippen molar-refractivity contribution in [2.24, 2.45) is 0 Å². The molecule has 6 nitrogen and oxygen atoms in total. The Hall–Kier alpha value is -1.99. The topological polar surface area (TPSA) is 110 Å². The molecule has 0 aliphatic heterocycles. The van der Waals surface area contributed by atoms with Crippen LogP contribution < -0.4 is 5.32 Å². The molecule has 374 valence electrons. The van der Waals surface area contributed by atoms with Crippen molar-refractivity contribution in [2.45, 2.75) is 295 Å². The Bertz CT molecular complexity index is 1100. The molecule has 0 aromatic heterocycles. The molecule has 0 fully saturated rings. The minimum Gasteiger partial charge on any atom is -0.394 e. The largest absolute Gasteiger partial charge is 0.394 e. The molecule has 0 spiro atoms. The van der Waals surface area contributed by atoms with Gasteiger partial charge in [0.2, 0.25) is 5.91 Å². The van der Waals surface area contributed by atoms with Crippen molar-refractivity contribution >= 4 is 5.91 Å². The van der Waals surface area contributed by atoms with Crippen LogP contribution in [0.4, 0.5) is 0 Å². The maximum absolute atomic E-state index is 12.6. The zero-order chi connectivity index (χ0) is 46.7. The second kappa shape index (κ2) is 52.0. The average molecular weight is 898 g/mol. The lowest BCUT2D eigenvalue weighted by Gasteiger charge is -2.27. The van der Waals surface area contributed by atoms with Crippen LogP contribution in [-0.2, 0) is 4.79 Å². The van der Waals surface area contributed by atoms with Crippen molar-refractivity contribution in [1.29, 1.82) is 0 Å². The van der Waals surface area contributed by atoms with Crippen LogP contribution >= 0.6 is 0 Å². The summed E-state index contributed by atoms with van der Waals surface area (Å²) < 4.78 is 0. The Morgan fingerprint density at radius 2 is 0.703 bits per heavy atom. The first kappa shape index (κ1) is 62.0. The maximum atomic E-state index is 12.6. The molecule has 0 bridgehead atoms. The first-order chi connectivity index (χ1) is 31.5. The molecule has 64 heavy (non-hydrogen) atoms. The highest BCUT2D eigenvalue weighted by atomic mass is 16.3. The van der Waals surface area contributed by atoms with Gasteiger partial charge in [-0.05, 0) is 96.3 Å². The number of hydrogen-bond acceptors (Lipinski definition) is 5. The minimum atomic E-state index is -1.30. The number of carbonyl (C=O) groups excluding carboxylic acids is 1. The van der Waals surface area contributed by atoms with Gasteiger partial charge < -0.3 is 25.7 Å². The monoisotopic (exact) mass is 898 g/mol. The molecular weight excluding hydrogens is 791 g/mol. The standard InChI is InChI=1S/C58H107NO5/c1-3-5-7-9-11-13-15-17-19-21-23-25-27-29-31-33-35-37-39-41-43-45-47-49-51-55(61)57(63)54(53-60)59-58(64)56(62)52-50-48-46-44-42-40-38-36-34-32-30-28-26-24-22-20-18-16-14-12-10-8-6-4-2/h24,26-27,29-30,32,35,37,43,45,54-57,60-63H,3-23,25,28,31,33-34,36,38-42,44,46-53H2,1-2H3,(H,59,64)/b26-24-,29-27+,32-30-,37-35+,45-43+. The highest BCUT2D eigenvalue weighted by molar-refractivity contribution is 5.80. The Labute approximate surface area is 397 Å². The van der Waals surface area contributed by atoms with Gasteiger partial charge in [-0.2, -0.15) is 0 Å². The van der Waals surface area contributed by atoms with Gasteiger partial charge in [-0.25, -0.2) is 0 Å². The zero-order valence-electron chi connectivity index (χ0n) is 42.3. The molecule has 0 aromatic carbocycles. The zero-order valence-corrected chi connectivity index (χ0v) is 42.3. The van der Waals surface area contributed by atoms with Gasteiger partial charge >= 0.3 is 0 Å². The highest BCUT2D eigenvalue weighted by Crippen LogP contribution is 2.16. The number of aliphatic hydroxyl groups excluding tert-OH is 4. The summed E-state index contributed by atoms with van der Waals surface area (Å²) in [7, 11) is 0. The average Bonchev–Trinajstić information content (AvgIpc) is 3.30. The van der Waals surface area contributed by atoms with Gasteiger partial charge in [-0.1, -0.05) is 235 Å². The SMILES string of the molecule is CCCCCCCCCCC/C=C\C/C=C\CCCCCCCCCCC(O)C(=O)NC(CO)C(O)C(O)CCC/C=C/CC/C=C/CC/C=C/CCCCCCCCCCCCC. The lowest BCUT2D eigenvalue weighted by Crippen LogP contribution is -2.53. The summed E-state index contributed by atoms with van der Waals surface area (Å²) in [5.41, 5.74) is 0. The lowest BCUT2D eigenvalue weighted by atomic mass is 10.00. The Morgan fingerprint density at radius 1 is 0.391 bits per heavy atom. The summed E-state index contributed by atoms with van der Waals surface area (Å²) in [6.45, 7) is 4.05. The first-order valence-electron chi connectivity index (χ1n) is 27.7. The van der Waals surface area contributed by atoms with E-state index in [0.29, 0.717) is 19.3 Å². The van der Waals surface area contributed by atoms with Gasteiger partial charge in [0.05, 0.1) is 18.8 Å². The summed E-state index contributed by atoms with van der Waals surface area (Å²) in [5.74, 6) is -0.604. The van der Waals surface area contributed by atoms with Crippen LogP contribution in [0.25, 0.3) is 0 Å². The normalized spacial score (nSPS) is 14.3. The van der Waals surface area contributed by atoms with E-state index in [1.165, 1.54) is 173 Å². The van der Waals surface area contributed by atoms with Gasteiger partial charge in [0, 0.05) is 0 Å². The number of rotatable bonds is 50. The summed E-state index contributed by atoms with van der Waals surface area (Å²) in [6, 6.07) is -1.02. The number of aliphatic hydroxyl groups is 4. The second-order valence-electron chi connectivity index (χ2n) is 18.9. The molecular formula is C58H107NO5. The van der Waals surface area contributed by atoms with Crippen molar-refractivity contribution in [3.8, 4) is 0 Å². The molecule has 0 aromatic rings. The highest BCUT2D eigenvalue weighted by Gasteiger charge is 2.28. The van der Waals surface area contributed by atoms with Gasteiger partial charge in [-0.3, -0.25) is 4.79 Å². The first-order valence-corrected chi connectivity index (χ1v) is 27.7. The fraction of sp³-hybridized carbons (Fsp3) is 0.810.